The van der Waals surface area contributed by atoms with Crippen LogP contribution >= 0.6 is 0 Å². The summed E-state index contributed by atoms with van der Waals surface area (Å²) in [5, 5.41) is 5.31. The molecule has 6 heteroatoms. The Labute approximate surface area is 395 Å². The maximum atomic E-state index is 5.38. The normalized spacial score (nSPS) is 13.6. The highest BCUT2D eigenvalue weighted by atomic mass is 15.1. The minimum atomic E-state index is -0.0966. The van der Waals surface area contributed by atoms with Gasteiger partial charge >= 0.3 is 0 Å². The van der Waals surface area contributed by atoms with Crippen molar-refractivity contribution in [2.75, 3.05) is 0 Å². The molecule has 0 spiro atoms. The standard InChI is InChI=1S/C61H58BN5/c1-58(2,3)38-23-29-46-40(33-38)50-42(60(7,8)9)25-27-44-53(50)66(46)48-31-37(57-64-55(35-19-15-13-16-20-35)63-56(65-57)36-21-17-14-18-22-36)32-49-52(48)62(44)45-28-26-43(61(10,11)12)51-41-34-39(59(4,5)6)24-30-47(41)67(49)54(45)51/h13-34H,1-12H3. The van der Waals surface area contributed by atoms with Gasteiger partial charge in [-0.3, -0.25) is 0 Å². The van der Waals surface area contributed by atoms with Gasteiger partial charge in [-0.15, -0.1) is 0 Å². The van der Waals surface area contributed by atoms with Crippen LogP contribution in [0.25, 0.3) is 89.2 Å². The van der Waals surface area contributed by atoms with Gasteiger partial charge < -0.3 is 9.13 Å². The fourth-order valence-corrected chi connectivity index (χ4v) is 11.3. The molecule has 10 aromatic rings. The Morgan fingerprint density at radius 2 is 0.776 bits per heavy atom. The van der Waals surface area contributed by atoms with Crippen molar-refractivity contribution in [3.63, 3.8) is 0 Å². The summed E-state index contributed by atoms with van der Waals surface area (Å²) in [5.41, 5.74) is 19.4. The average molecular weight is 872 g/mol. The Hall–Kier alpha value is -6.79. The maximum Gasteiger partial charge on any atom is 0.252 e. The molecule has 330 valence electrons. The van der Waals surface area contributed by atoms with E-state index in [0.29, 0.717) is 17.5 Å². The van der Waals surface area contributed by atoms with Crippen LogP contribution in [0.5, 0.6) is 0 Å². The van der Waals surface area contributed by atoms with Gasteiger partial charge in [-0.25, -0.2) is 15.0 Å². The Morgan fingerprint density at radius 3 is 1.15 bits per heavy atom. The molecule has 0 saturated carbocycles. The van der Waals surface area contributed by atoms with Crippen LogP contribution in [0, 0.1) is 0 Å². The molecule has 0 N–H and O–H groups in total. The zero-order chi connectivity index (χ0) is 46.7. The molecule has 0 fully saturated rings. The molecule has 0 amide bonds. The third-order valence-electron chi connectivity index (χ3n) is 14.7. The first-order valence-electron chi connectivity index (χ1n) is 24.1. The van der Waals surface area contributed by atoms with Crippen LogP contribution in [0.4, 0.5) is 0 Å². The summed E-state index contributed by atoms with van der Waals surface area (Å²) < 4.78 is 5.21. The predicted molar refractivity (Wildman–Crippen MR) is 284 cm³/mol. The number of aromatic nitrogens is 5. The number of hydrogen-bond acceptors (Lipinski definition) is 3. The van der Waals surface area contributed by atoms with E-state index in [9.17, 15) is 0 Å². The lowest BCUT2D eigenvalue weighted by Crippen LogP contribution is -2.59. The second-order valence-electron chi connectivity index (χ2n) is 23.4. The summed E-state index contributed by atoms with van der Waals surface area (Å²) in [5.74, 6) is 1.96. The van der Waals surface area contributed by atoms with Crippen molar-refractivity contribution in [2.45, 2.75) is 105 Å². The van der Waals surface area contributed by atoms with Crippen molar-refractivity contribution in [3.05, 3.63) is 156 Å². The first-order chi connectivity index (χ1) is 31.8. The van der Waals surface area contributed by atoms with Crippen molar-refractivity contribution in [2.24, 2.45) is 0 Å². The van der Waals surface area contributed by atoms with Crippen molar-refractivity contribution >= 4 is 66.7 Å². The maximum absolute atomic E-state index is 5.38. The molecule has 0 saturated heterocycles. The fraction of sp³-hybridized carbons (Fsp3) is 0.262. The Bertz CT molecular complexity index is 3480. The summed E-state index contributed by atoms with van der Waals surface area (Å²) in [6, 6.07) is 49.7. The largest absolute Gasteiger partial charge is 0.310 e. The monoisotopic (exact) mass is 871 g/mol. The summed E-state index contributed by atoms with van der Waals surface area (Å²) in [4.78, 5) is 15.9. The van der Waals surface area contributed by atoms with E-state index in [1.165, 1.54) is 93.6 Å². The zero-order valence-corrected chi connectivity index (χ0v) is 41.0. The quantitative estimate of drug-likeness (QED) is 0.166. The number of rotatable bonds is 3. The minimum Gasteiger partial charge on any atom is -0.310 e. The highest BCUT2D eigenvalue weighted by molar-refractivity contribution is 7.00. The topological polar surface area (TPSA) is 48.5 Å². The van der Waals surface area contributed by atoms with Gasteiger partial charge in [0.05, 0.1) is 11.0 Å². The van der Waals surface area contributed by atoms with Gasteiger partial charge in [0.15, 0.2) is 17.5 Å². The zero-order valence-electron chi connectivity index (χ0n) is 41.0. The van der Waals surface area contributed by atoms with Gasteiger partial charge in [0.2, 0.25) is 0 Å². The van der Waals surface area contributed by atoms with Crippen molar-refractivity contribution in [1.82, 2.24) is 24.1 Å². The molecule has 0 unspecified atom stereocenters. The van der Waals surface area contributed by atoms with E-state index < -0.39 is 0 Å². The van der Waals surface area contributed by atoms with Crippen LogP contribution in [-0.2, 0) is 21.7 Å². The van der Waals surface area contributed by atoms with Crippen molar-refractivity contribution < 1.29 is 0 Å². The Morgan fingerprint density at radius 1 is 0.388 bits per heavy atom. The summed E-state index contributed by atoms with van der Waals surface area (Å²) in [6.45, 7) is 28.1. The van der Waals surface area contributed by atoms with Crippen LogP contribution in [0.3, 0.4) is 0 Å². The van der Waals surface area contributed by atoms with Crippen LogP contribution in [-0.4, -0.2) is 30.8 Å². The van der Waals surface area contributed by atoms with Crippen molar-refractivity contribution in [1.29, 1.82) is 0 Å². The van der Waals surface area contributed by atoms with Crippen LogP contribution in [0.2, 0.25) is 0 Å². The van der Waals surface area contributed by atoms with Gasteiger partial charge in [-0.05, 0) is 96.7 Å². The number of nitrogens with zero attached hydrogens (tertiary/aromatic N) is 5. The lowest BCUT2D eigenvalue weighted by atomic mass is 9.34. The second kappa shape index (κ2) is 13.9. The van der Waals surface area contributed by atoms with E-state index in [1.54, 1.807) is 0 Å². The van der Waals surface area contributed by atoms with E-state index >= 15 is 0 Å². The molecule has 0 atom stereocenters. The van der Waals surface area contributed by atoms with Crippen LogP contribution in [0.1, 0.15) is 105 Å². The van der Waals surface area contributed by atoms with E-state index in [4.69, 9.17) is 15.0 Å². The molecule has 3 aromatic heterocycles. The van der Waals surface area contributed by atoms with Gasteiger partial charge in [0, 0.05) is 60.6 Å². The molecule has 12 rings (SSSR count). The molecule has 2 aliphatic heterocycles. The van der Waals surface area contributed by atoms with Crippen LogP contribution in [0.15, 0.2) is 133 Å². The van der Waals surface area contributed by atoms with Gasteiger partial charge in [-0.1, -0.05) is 180 Å². The number of hydrogen-bond donors (Lipinski definition) is 0. The smallest absolute Gasteiger partial charge is 0.252 e. The molecular formula is C61H58BN5. The van der Waals surface area contributed by atoms with Gasteiger partial charge in [0.25, 0.3) is 6.71 Å². The Balaban J connectivity index is 1.28. The number of benzene rings is 7. The molecular weight excluding hydrogens is 814 g/mol. The molecule has 0 radical (unpaired) electrons. The molecule has 67 heavy (non-hydrogen) atoms. The third-order valence-corrected chi connectivity index (χ3v) is 14.7. The highest BCUT2D eigenvalue weighted by Crippen LogP contribution is 2.46. The first-order valence-corrected chi connectivity index (χ1v) is 24.1. The van der Waals surface area contributed by atoms with E-state index in [1.807, 2.05) is 12.1 Å². The van der Waals surface area contributed by atoms with E-state index in [-0.39, 0.29) is 28.4 Å². The third kappa shape index (κ3) is 6.17. The summed E-state index contributed by atoms with van der Waals surface area (Å²) in [6.07, 6.45) is 0. The average Bonchev–Trinajstić information content (AvgIpc) is 3.82. The lowest BCUT2D eigenvalue weighted by Gasteiger charge is -2.35. The highest BCUT2D eigenvalue weighted by Gasteiger charge is 2.43. The Kier molecular flexibility index (Phi) is 8.63. The van der Waals surface area contributed by atoms with E-state index in [2.05, 4.69) is 214 Å². The predicted octanol–water partition coefficient (Wildman–Crippen LogP) is 13.4. The minimum absolute atomic E-state index is 0.0111. The molecule has 7 aromatic carbocycles. The number of fused-ring (bicyclic) bond motifs is 10. The molecule has 0 bridgehead atoms. The summed E-state index contributed by atoms with van der Waals surface area (Å²) in [7, 11) is 0. The first kappa shape index (κ1) is 41.6. The lowest BCUT2D eigenvalue weighted by molar-refractivity contribution is 0.590. The molecule has 2 aliphatic rings. The van der Waals surface area contributed by atoms with Crippen LogP contribution < -0.4 is 16.4 Å². The van der Waals surface area contributed by atoms with Crippen molar-refractivity contribution in [3.8, 4) is 45.5 Å². The summed E-state index contributed by atoms with van der Waals surface area (Å²) >= 11 is 0. The molecule has 5 nitrogen and oxygen atoms in total. The fourth-order valence-electron chi connectivity index (χ4n) is 11.3. The molecule has 0 aliphatic carbocycles. The van der Waals surface area contributed by atoms with E-state index in [0.717, 1.165) is 16.7 Å². The van der Waals surface area contributed by atoms with Gasteiger partial charge in [0.1, 0.15) is 0 Å². The second-order valence-corrected chi connectivity index (χ2v) is 23.4. The SMILES string of the molecule is CC(C)(C)c1ccc2c(c1)c1c(C(C)(C)C)ccc3c1n2-c1cc(-c2nc(-c4ccccc4)nc(-c4ccccc4)n2)cc2c1B3c1ccc(C(C)(C)C)c3c4cc(C(C)(C)C)ccc4n-2c13. The van der Waals surface area contributed by atoms with Gasteiger partial charge in [-0.2, -0.15) is 0 Å². The molecule has 5 heterocycles.